The number of rotatable bonds is 1. The van der Waals surface area contributed by atoms with Crippen molar-refractivity contribution in [2.24, 2.45) is 0 Å². The summed E-state index contributed by atoms with van der Waals surface area (Å²) in [5, 5.41) is 9.72. The van der Waals surface area contributed by atoms with Crippen LogP contribution in [0.15, 0.2) is 41.0 Å². The third-order valence-electron chi connectivity index (χ3n) is 2.58. The molecule has 0 atom stereocenters. The Morgan fingerprint density at radius 2 is 2.11 bits per heavy atom. The molecule has 1 heterocycles. The summed E-state index contributed by atoms with van der Waals surface area (Å²) in [6.45, 7) is 3.86. The topological polar surface area (TPSA) is 23.5 Å². The molecular weight excluding hydrogens is 374 g/mol. The van der Waals surface area contributed by atoms with Crippen LogP contribution < -0.4 is 0 Å². The summed E-state index contributed by atoms with van der Waals surface area (Å²) in [6, 6.07) is 4.20. The van der Waals surface area contributed by atoms with Crippen LogP contribution in [0, 0.1) is 11.9 Å². The van der Waals surface area contributed by atoms with Gasteiger partial charge in [-0.1, -0.05) is 22.8 Å². The van der Waals surface area contributed by atoms with Gasteiger partial charge in [-0.3, -0.25) is 0 Å². The normalized spacial score (nSPS) is 14.8. The van der Waals surface area contributed by atoms with Crippen molar-refractivity contribution >= 4 is 21.6 Å². The van der Waals surface area contributed by atoms with Crippen LogP contribution in [0.5, 0.6) is 5.75 Å². The van der Waals surface area contributed by atoms with Gasteiger partial charge in [0.05, 0.1) is 11.6 Å². The van der Waals surface area contributed by atoms with Gasteiger partial charge >= 0.3 is 0 Å². The molecule has 1 radical (unpaired) electrons. The minimum atomic E-state index is -0.487. The zero-order valence-corrected chi connectivity index (χ0v) is 14.2. The monoisotopic (exact) mass is 383 g/mol. The number of phenols is 1. The van der Waals surface area contributed by atoms with Crippen molar-refractivity contribution in [3.63, 3.8) is 0 Å². The molecule has 1 aliphatic rings. The molecule has 0 fully saturated rings. The molecule has 0 amide bonds. The molecule has 2 nitrogen and oxygen atoms in total. The fraction of sp³-hybridized carbons (Fsp3) is 0.0769. The zero-order valence-electron chi connectivity index (χ0n) is 9.74. The van der Waals surface area contributed by atoms with Crippen molar-refractivity contribution in [2.45, 2.75) is 0 Å². The van der Waals surface area contributed by atoms with Gasteiger partial charge in [0, 0.05) is 39.8 Å². The zero-order chi connectivity index (χ0) is 12.6. The van der Waals surface area contributed by atoms with Gasteiger partial charge in [-0.15, -0.1) is 15.9 Å². The third kappa shape index (κ3) is 2.76. The predicted octanol–water partition coefficient (Wildman–Crippen LogP) is 3.41. The van der Waals surface area contributed by atoms with Crippen LogP contribution in [-0.4, -0.2) is 17.1 Å². The molecule has 5 heteroatoms. The number of nitrogens with zero attached hydrogens (tertiary/aromatic N) is 1. The molecule has 0 unspecified atom stereocenters. The Balaban J connectivity index is 0.00000162. The van der Waals surface area contributed by atoms with E-state index in [4.69, 9.17) is 0 Å². The predicted molar refractivity (Wildman–Crippen MR) is 68.6 cm³/mol. The largest absolute Gasteiger partial charge is 0.520 e. The molecule has 1 aromatic carbocycles. The fourth-order valence-corrected chi connectivity index (χ4v) is 1.97. The van der Waals surface area contributed by atoms with Crippen LogP contribution in [0.25, 0.3) is 5.70 Å². The van der Waals surface area contributed by atoms with E-state index in [0.29, 0.717) is 11.4 Å². The van der Waals surface area contributed by atoms with Crippen LogP contribution in [0.2, 0.25) is 0 Å². The Morgan fingerprint density at radius 3 is 2.72 bits per heavy atom. The molecule has 1 aromatic rings. The first-order valence-corrected chi connectivity index (χ1v) is 5.71. The first kappa shape index (κ1) is 15.6. The summed E-state index contributed by atoms with van der Waals surface area (Å²) < 4.78 is 14.5. The van der Waals surface area contributed by atoms with Crippen molar-refractivity contribution < 1.29 is 42.2 Å². The van der Waals surface area contributed by atoms with E-state index in [2.05, 4.69) is 28.6 Å². The van der Waals surface area contributed by atoms with E-state index in [1.54, 1.807) is 18.0 Å². The first-order valence-electron chi connectivity index (χ1n) is 4.92. The first-order chi connectivity index (χ1) is 8.02. The van der Waals surface area contributed by atoms with Gasteiger partial charge < -0.3 is 10.0 Å². The molecule has 18 heavy (non-hydrogen) atoms. The van der Waals surface area contributed by atoms with Gasteiger partial charge in [0.15, 0.2) is 0 Å². The molecule has 0 saturated carbocycles. The van der Waals surface area contributed by atoms with Gasteiger partial charge in [-0.05, 0) is 23.4 Å². The average molecular weight is 384 g/mol. The number of hydrogen-bond acceptors (Lipinski definition) is 2. The summed E-state index contributed by atoms with van der Waals surface area (Å²) in [5.41, 5.74) is 1.27. The standard InChI is InChI=1S/C13H10BrFNO.Y/c1-8-9(14)6-7-11(16(8)2)13-10(15)4-3-5-12(13)17;/h3-6,17H,1H2,2H3;/q-1;. The Labute approximate surface area is 139 Å². The van der Waals surface area contributed by atoms with Crippen molar-refractivity contribution in [1.82, 2.24) is 4.90 Å². The van der Waals surface area contributed by atoms with Gasteiger partial charge in [-0.2, -0.15) is 12.2 Å². The molecule has 0 spiro atoms. The molecule has 2 rings (SSSR count). The third-order valence-corrected chi connectivity index (χ3v) is 3.27. The summed E-state index contributed by atoms with van der Waals surface area (Å²) in [4.78, 5) is 1.67. The number of hydrogen-bond donors (Lipinski definition) is 1. The molecule has 0 aromatic heterocycles. The minimum Gasteiger partial charge on any atom is -0.520 e. The summed E-state index contributed by atoms with van der Waals surface area (Å²) >= 11 is 3.32. The summed E-state index contributed by atoms with van der Waals surface area (Å²) in [6.07, 6.45) is 4.58. The maximum Gasteiger partial charge on any atom is 0.0817 e. The van der Waals surface area contributed by atoms with Gasteiger partial charge in [-0.25, -0.2) is 4.39 Å². The summed E-state index contributed by atoms with van der Waals surface area (Å²) in [7, 11) is 1.74. The number of halogens is 2. The second-order valence-electron chi connectivity index (χ2n) is 3.62. The Hall–Kier alpha value is -0.446. The number of aromatic hydroxyl groups is 1. The molecule has 91 valence electrons. The van der Waals surface area contributed by atoms with Crippen molar-refractivity contribution in [3.8, 4) is 5.75 Å². The Morgan fingerprint density at radius 1 is 1.44 bits per heavy atom. The quantitative estimate of drug-likeness (QED) is 0.751. The van der Waals surface area contributed by atoms with Gasteiger partial charge in [0.1, 0.15) is 0 Å². The second kappa shape index (κ2) is 6.13. The van der Waals surface area contributed by atoms with E-state index in [-0.39, 0.29) is 44.0 Å². The van der Waals surface area contributed by atoms with E-state index >= 15 is 0 Å². The van der Waals surface area contributed by atoms with Crippen molar-refractivity contribution in [1.29, 1.82) is 0 Å². The number of phenolic OH excluding ortho intramolecular Hbond substituents is 1. The minimum absolute atomic E-state index is 0. The molecule has 0 bridgehead atoms. The van der Waals surface area contributed by atoms with Crippen LogP contribution in [-0.2, 0) is 32.7 Å². The molecular formula is C13H10BrFNOY-. The van der Waals surface area contributed by atoms with Crippen LogP contribution in [0.4, 0.5) is 4.39 Å². The van der Waals surface area contributed by atoms with Crippen LogP contribution >= 0.6 is 15.9 Å². The Kier molecular flexibility index (Phi) is 5.32. The SMILES string of the molecule is C=C1C(Br)=C[C-]=C(c2c(O)cccc2F)N1C.[Y]. The smallest absolute Gasteiger partial charge is 0.0817 e. The molecule has 1 N–H and O–H groups in total. The maximum atomic E-state index is 13.7. The van der Waals surface area contributed by atoms with Crippen molar-refractivity contribution in [3.05, 3.63) is 58.5 Å². The average Bonchev–Trinajstić information content (AvgIpc) is 2.29. The van der Waals surface area contributed by atoms with Crippen LogP contribution in [0.1, 0.15) is 5.56 Å². The van der Waals surface area contributed by atoms with E-state index < -0.39 is 5.82 Å². The van der Waals surface area contributed by atoms with E-state index in [0.717, 1.165) is 4.48 Å². The van der Waals surface area contributed by atoms with Gasteiger partial charge in [0.25, 0.3) is 0 Å². The van der Waals surface area contributed by atoms with Crippen LogP contribution in [0.3, 0.4) is 0 Å². The fourth-order valence-electron chi connectivity index (χ4n) is 1.59. The second-order valence-corrected chi connectivity index (χ2v) is 4.48. The van der Waals surface area contributed by atoms with Crippen molar-refractivity contribution in [2.75, 3.05) is 7.05 Å². The molecule has 1 aliphatic heterocycles. The van der Waals surface area contributed by atoms with E-state index in [9.17, 15) is 9.50 Å². The van der Waals surface area contributed by atoms with Gasteiger partial charge in [0.2, 0.25) is 0 Å². The molecule has 0 aliphatic carbocycles. The number of likely N-dealkylation sites (N-methyl/N-ethyl adjacent to an activating group) is 1. The van der Waals surface area contributed by atoms with E-state index in [1.165, 1.54) is 18.2 Å². The van der Waals surface area contributed by atoms with E-state index in [1.807, 2.05) is 0 Å². The number of benzene rings is 1. The maximum absolute atomic E-state index is 13.7. The Bertz CT molecular complexity index is 534. The summed E-state index contributed by atoms with van der Waals surface area (Å²) in [5.74, 6) is -0.600. The number of allylic oxidation sites excluding steroid dienone is 3. The molecule has 0 saturated heterocycles.